The van der Waals surface area contributed by atoms with E-state index in [1.165, 1.54) is 38.3 Å². The molecular weight excluding hydrogens is 863 g/mol. The Morgan fingerprint density at radius 1 is 0.889 bits per heavy atom. The summed E-state index contributed by atoms with van der Waals surface area (Å²) in [5, 5.41) is 13.3. The molecule has 1 amide bonds. The molecule has 0 radical (unpaired) electrons. The predicted molar refractivity (Wildman–Crippen MR) is 233 cm³/mol. The van der Waals surface area contributed by atoms with Crippen LogP contribution < -0.4 is 28.9 Å². The van der Waals surface area contributed by atoms with E-state index in [0.29, 0.717) is 63.2 Å². The van der Waals surface area contributed by atoms with Crippen LogP contribution in [-0.2, 0) is 14.3 Å². The molecule has 0 spiro atoms. The highest BCUT2D eigenvalue weighted by atomic mass is 35.5. The minimum Gasteiger partial charge on any atom is -0.498 e. The number of amides is 1. The van der Waals surface area contributed by atoms with E-state index in [1.807, 2.05) is 6.07 Å². The van der Waals surface area contributed by atoms with E-state index in [9.17, 15) is 4.79 Å². The second-order valence-electron chi connectivity index (χ2n) is 11.6. The van der Waals surface area contributed by atoms with E-state index in [1.54, 1.807) is 42.7 Å². The van der Waals surface area contributed by atoms with Gasteiger partial charge in [0.1, 0.15) is 48.0 Å². The van der Waals surface area contributed by atoms with Gasteiger partial charge in [-0.25, -0.2) is 14.8 Å². The lowest BCUT2D eigenvalue weighted by molar-refractivity contribution is -0.106. The number of rotatable bonds is 6. The second-order valence-corrected chi connectivity index (χ2v) is 12.4. The zero-order valence-corrected chi connectivity index (χ0v) is 35.3. The van der Waals surface area contributed by atoms with Crippen molar-refractivity contribution in [2.24, 2.45) is 23.3 Å². The number of furan rings is 4. The number of hydrogen-bond acceptors (Lipinski definition) is 16. The van der Waals surface area contributed by atoms with Crippen LogP contribution in [0.1, 0.15) is 43.0 Å². The Balaban J connectivity index is 0.000000268. The van der Waals surface area contributed by atoms with Crippen molar-refractivity contribution >= 4 is 69.0 Å². The first kappa shape index (κ1) is 51.2. The number of nitrogen functional groups attached to an aromatic ring is 2. The van der Waals surface area contributed by atoms with Gasteiger partial charge in [0, 0.05) is 0 Å². The van der Waals surface area contributed by atoms with E-state index in [2.05, 4.69) is 80.6 Å². The average molecular weight is 906 g/mol. The number of nitrogens with one attached hydrogen (secondary N) is 2. The van der Waals surface area contributed by atoms with Crippen LogP contribution in [0.25, 0.3) is 54.2 Å². The van der Waals surface area contributed by atoms with E-state index < -0.39 is 5.24 Å². The number of hydrogen-bond donors (Lipinski definition) is 7. The predicted octanol–water partition coefficient (Wildman–Crippen LogP) is 7.35. The van der Waals surface area contributed by atoms with Crippen LogP contribution in [0.4, 0.5) is 17.3 Å². The fraction of sp³-hybridized carbons (Fsp3) is 0.205. The van der Waals surface area contributed by atoms with Crippen molar-refractivity contribution in [2.75, 3.05) is 18.6 Å². The molecule has 12 N–H and O–H groups in total. The summed E-state index contributed by atoms with van der Waals surface area (Å²) in [4.78, 5) is 36.0. The number of anilines is 2. The number of hydrazine groups is 1. The lowest BCUT2D eigenvalue weighted by Gasteiger charge is -2.09. The Bertz CT molecular complexity index is 2520. The Kier molecular flexibility index (Phi) is 22.6. The first-order valence-corrected chi connectivity index (χ1v) is 18.6. The molecule has 3 atom stereocenters. The molecule has 1 aliphatic rings. The molecule has 24 heteroatoms. The molecule has 0 aliphatic carbocycles. The molecule has 8 rings (SSSR count). The number of H-pyrrole nitrogens is 2. The number of ether oxygens (including phenoxy) is 2. The molecular formula is C39H42Cl2N14O8. The zero-order chi connectivity index (χ0) is 46.7. The van der Waals surface area contributed by atoms with Crippen molar-refractivity contribution in [3.8, 4) is 22.9 Å². The van der Waals surface area contributed by atoms with Crippen LogP contribution in [0.2, 0.25) is 0 Å². The normalized spacial score (nSPS) is 14.0. The van der Waals surface area contributed by atoms with Crippen molar-refractivity contribution in [3.05, 3.63) is 132 Å². The van der Waals surface area contributed by atoms with Crippen LogP contribution in [0, 0.1) is 25.6 Å². The standard InChI is InChI=1S/C9H7N5O.C9H6N2O2.C8H6N4O.C7H13ClO.C5H3ClO2.CH3NO.H4N2/c10-8-6-7(5-2-1-3-15-5)13-14-9(6)12-4-11-8;1-10-9(11-2)8(12-3)7-5-4-6-13-7;1-10-7-6(11-12-8(7)9)5-3-2-4-13-5;1-3-6-5(2)4-7(8)9-6;6-5(7)4-2-1-3-8-4;2-1-3;1-2/h1-4H,(H3,10,11,12,13,14);4-6H,3H3;2-4H,(H3,9,11,12);5-7H,3-4H2,1-2H3;1-3H;1H,(H2,2,3);1-2H2. The molecule has 0 saturated carbocycles. The number of primary amides is 1. The van der Waals surface area contributed by atoms with Gasteiger partial charge in [0.2, 0.25) is 6.41 Å². The number of alkyl halides is 1. The van der Waals surface area contributed by atoms with Gasteiger partial charge in [-0.15, -0.1) is 0 Å². The highest BCUT2D eigenvalue weighted by Crippen LogP contribution is 2.33. The molecule has 1 fully saturated rings. The van der Waals surface area contributed by atoms with Gasteiger partial charge in [0.25, 0.3) is 16.7 Å². The molecule has 63 heavy (non-hydrogen) atoms. The number of nitrogens with zero attached hydrogens (tertiary/aromatic N) is 7. The minimum absolute atomic E-state index is 0.0232. The minimum atomic E-state index is -0.560. The molecule has 3 unspecified atom stereocenters. The summed E-state index contributed by atoms with van der Waals surface area (Å²) in [6.45, 7) is 24.7. The van der Waals surface area contributed by atoms with E-state index in [4.69, 9.17) is 81.9 Å². The van der Waals surface area contributed by atoms with Gasteiger partial charge in [-0.3, -0.25) is 31.5 Å². The third kappa shape index (κ3) is 15.3. The lowest BCUT2D eigenvalue weighted by atomic mass is 10.0. The van der Waals surface area contributed by atoms with Gasteiger partial charge in [-0.1, -0.05) is 25.4 Å². The molecule has 0 bridgehead atoms. The van der Waals surface area contributed by atoms with E-state index in [0.717, 1.165) is 12.8 Å². The van der Waals surface area contributed by atoms with E-state index in [-0.39, 0.29) is 35.1 Å². The monoisotopic (exact) mass is 904 g/mol. The van der Waals surface area contributed by atoms with Crippen molar-refractivity contribution in [1.82, 2.24) is 30.4 Å². The number of fused-ring (bicyclic) bond motifs is 1. The summed E-state index contributed by atoms with van der Waals surface area (Å²) in [5.74, 6) is 11.1. The third-order valence-corrected chi connectivity index (χ3v) is 8.26. The van der Waals surface area contributed by atoms with E-state index >= 15 is 0 Å². The molecule has 1 saturated heterocycles. The Hall–Kier alpha value is -7.91. The smallest absolute Gasteiger partial charge is 0.498 e. The maximum absolute atomic E-state index is 10.2. The van der Waals surface area contributed by atoms with Gasteiger partial charge >= 0.3 is 5.82 Å². The topological polar surface area (TPSA) is 331 Å². The zero-order valence-electron chi connectivity index (χ0n) is 33.8. The van der Waals surface area contributed by atoms with Crippen LogP contribution in [0.5, 0.6) is 0 Å². The summed E-state index contributed by atoms with van der Waals surface area (Å²) >= 11 is 10.8. The van der Waals surface area contributed by atoms with Gasteiger partial charge in [0.15, 0.2) is 28.7 Å². The molecule has 7 aromatic heterocycles. The largest absolute Gasteiger partial charge is 0.565 e. The quantitative estimate of drug-likeness (QED) is 0.0163. The molecule has 7 aromatic rings. The first-order valence-electron chi connectivity index (χ1n) is 17.8. The van der Waals surface area contributed by atoms with Crippen molar-refractivity contribution < 1.29 is 36.7 Å². The average Bonchev–Trinajstić information content (AvgIpc) is 4.15. The summed E-state index contributed by atoms with van der Waals surface area (Å²) in [6.07, 6.45) is 10.1. The second kappa shape index (κ2) is 27.8. The van der Waals surface area contributed by atoms with Crippen LogP contribution in [-0.4, -0.2) is 60.8 Å². The number of methoxy groups -OCH3 is 1. The van der Waals surface area contributed by atoms with Crippen molar-refractivity contribution in [3.63, 3.8) is 0 Å². The highest BCUT2D eigenvalue weighted by molar-refractivity contribution is 6.67. The Labute approximate surface area is 369 Å². The van der Waals surface area contributed by atoms with Gasteiger partial charge in [-0.05, 0) is 78.9 Å². The maximum atomic E-state index is 10.2. The maximum Gasteiger partial charge on any atom is 0.565 e. The SMILES string of the molecule is CCC1OC(Cl)CC1C.NC=O.NN.Nc1ncnc2n[nH]c(-c3ccco3)c12.O=C(Cl)c1ccco1.[C-]#[N+]C([N+]#[C-])=C(OC)c1ccco1.[C-]#[N+]c1c(N)n[nH]c1-c1ccco1. The summed E-state index contributed by atoms with van der Waals surface area (Å²) in [7, 11) is 1.40. The number of aromatic nitrogens is 6. The van der Waals surface area contributed by atoms with Gasteiger partial charge in [0.05, 0.1) is 50.2 Å². The molecule has 8 heterocycles. The number of carbonyl (C=O) groups is 2. The van der Waals surface area contributed by atoms with Gasteiger partial charge in [-0.2, -0.15) is 19.9 Å². The lowest BCUT2D eigenvalue weighted by Crippen LogP contribution is -2.11. The van der Waals surface area contributed by atoms with Crippen molar-refractivity contribution in [2.45, 2.75) is 38.4 Å². The molecule has 1 aliphatic heterocycles. The number of aromatic amines is 2. The van der Waals surface area contributed by atoms with Crippen LogP contribution >= 0.6 is 23.2 Å². The summed E-state index contributed by atoms with van der Waals surface area (Å²) in [6, 6.07) is 13.5. The van der Waals surface area contributed by atoms with Crippen molar-refractivity contribution in [1.29, 1.82) is 0 Å². The third-order valence-electron chi connectivity index (χ3n) is 7.79. The number of carbonyl (C=O) groups excluding carboxylic acids is 2. The molecule has 0 aromatic carbocycles. The first-order chi connectivity index (χ1) is 30.5. The molecule has 22 nitrogen and oxygen atoms in total. The fourth-order valence-electron chi connectivity index (χ4n) is 5.08. The molecule has 330 valence electrons. The number of halogens is 2. The number of nitrogens with two attached hydrogens (primary N) is 5. The Morgan fingerprint density at radius 2 is 1.43 bits per heavy atom. The highest BCUT2D eigenvalue weighted by Gasteiger charge is 2.29. The summed E-state index contributed by atoms with van der Waals surface area (Å²) < 4.78 is 30.3. The summed E-state index contributed by atoms with van der Waals surface area (Å²) in [5.41, 5.74) is 17.4. The van der Waals surface area contributed by atoms with Gasteiger partial charge < -0.3 is 44.3 Å². The Morgan fingerprint density at radius 3 is 1.84 bits per heavy atom. The van der Waals surface area contributed by atoms with Crippen LogP contribution in [0.3, 0.4) is 0 Å². The van der Waals surface area contributed by atoms with Crippen LogP contribution in [0.15, 0.2) is 103 Å². The fourth-order valence-corrected chi connectivity index (χ4v) is 5.60.